The molecule has 0 aliphatic heterocycles. The lowest BCUT2D eigenvalue weighted by atomic mass is 9.48. The van der Waals surface area contributed by atoms with Crippen LogP contribution in [-0.2, 0) is 9.59 Å². The number of rotatable bonds is 1. The highest BCUT2D eigenvalue weighted by Gasteiger charge is 2.58. The van der Waals surface area contributed by atoms with Gasteiger partial charge in [-0.2, -0.15) is 13.2 Å². The highest BCUT2D eigenvalue weighted by atomic mass is 19.4. The summed E-state index contributed by atoms with van der Waals surface area (Å²) in [5.41, 5.74) is 1.05. The minimum atomic E-state index is -4.82. The quantitative estimate of drug-likeness (QED) is 0.675. The summed E-state index contributed by atoms with van der Waals surface area (Å²) in [7, 11) is 0. The Morgan fingerprint density at radius 2 is 1.78 bits per heavy atom. The number of amides is 1. The van der Waals surface area contributed by atoms with Crippen molar-refractivity contribution in [2.45, 2.75) is 77.4 Å². The minimum Gasteiger partial charge on any atom is -0.345 e. The Balaban J connectivity index is 1.53. The van der Waals surface area contributed by atoms with E-state index in [0.717, 1.165) is 32.1 Å². The van der Waals surface area contributed by atoms with Crippen LogP contribution in [0.25, 0.3) is 0 Å². The number of carbonyl (C=O) groups is 2. The van der Waals surface area contributed by atoms with E-state index in [9.17, 15) is 22.8 Å². The fourth-order valence-electron chi connectivity index (χ4n) is 6.82. The molecule has 150 valence electrons. The predicted molar refractivity (Wildman–Crippen MR) is 94.7 cm³/mol. The number of alkyl halides is 3. The van der Waals surface area contributed by atoms with E-state index < -0.39 is 18.1 Å². The molecular weight excluding hydrogens is 355 g/mol. The fourth-order valence-corrected chi connectivity index (χ4v) is 6.82. The molecule has 0 spiro atoms. The van der Waals surface area contributed by atoms with Crippen LogP contribution < -0.4 is 5.32 Å². The van der Waals surface area contributed by atoms with Gasteiger partial charge in [-0.25, -0.2) is 0 Å². The summed E-state index contributed by atoms with van der Waals surface area (Å²) in [4.78, 5) is 23.8. The monoisotopic (exact) mass is 383 g/mol. The number of carbonyl (C=O) groups excluding carboxylic acids is 2. The minimum absolute atomic E-state index is 0.00462. The van der Waals surface area contributed by atoms with E-state index in [-0.39, 0.29) is 10.8 Å². The molecule has 6 heteroatoms. The lowest BCUT2D eigenvalue weighted by Crippen LogP contribution is -2.52. The molecule has 4 aliphatic rings. The Kier molecular flexibility index (Phi) is 4.28. The van der Waals surface area contributed by atoms with E-state index in [1.165, 1.54) is 5.57 Å². The Labute approximate surface area is 158 Å². The van der Waals surface area contributed by atoms with Crippen molar-refractivity contribution in [3.8, 4) is 0 Å². The molecule has 4 rings (SSSR count). The maximum absolute atomic E-state index is 12.6. The third kappa shape index (κ3) is 2.85. The Hall–Kier alpha value is -1.33. The molecule has 3 saturated carbocycles. The number of hydrogen-bond donors (Lipinski definition) is 1. The van der Waals surface area contributed by atoms with Gasteiger partial charge in [-0.3, -0.25) is 9.59 Å². The van der Waals surface area contributed by atoms with Gasteiger partial charge in [-0.1, -0.05) is 25.5 Å². The van der Waals surface area contributed by atoms with Crippen LogP contribution in [0, 0.1) is 28.6 Å². The summed E-state index contributed by atoms with van der Waals surface area (Å²) >= 11 is 0. The molecule has 4 aliphatic carbocycles. The van der Waals surface area contributed by atoms with Gasteiger partial charge in [0.1, 0.15) is 5.78 Å². The molecule has 0 aromatic rings. The second kappa shape index (κ2) is 6.08. The predicted octanol–water partition coefficient (Wildman–Crippen LogP) is 4.57. The van der Waals surface area contributed by atoms with E-state index >= 15 is 0 Å². The molecule has 0 bridgehead atoms. The second-order valence-electron chi connectivity index (χ2n) is 9.59. The van der Waals surface area contributed by atoms with Gasteiger partial charge in [0.15, 0.2) is 0 Å². The number of fused-ring (bicyclic) bond motifs is 5. The van der Waals surface area contributed by atoms with E-state index in [1.54, 1.807) is 0 Å². The molecule has 0 radical (unpaired) electrons. The van der Waals surface area contributed by atoms with Gasteiger partial charge in [-0.05, 0) is 68.1 Å². The molecule has 6 atom stereocenters. The van der Waals surface area contributed by atoms with Gasteiger partial charge in [0.05, 0.1) is 0 Å². The van der Waals surface area contributed by atoms with Crippen molar-refractivity contribution in [1.82, 2.24) is 5.32 Å². The molecule has 0 aromatic heterocycles. The Bertz CT molecular complexity index is 700. The van der Waals surface area contributed by atoms with E-state index in [1.807, 2.05) is 0 Å². The fraction of sp³-hybridized carbons (Fsp3) is 0.810. The largest absolute Gasteiger partial charge is 0.471 e. The molecule has 0 heterocycles. The van der Waals surface area contributed by atoms with Crippen LogP contribution in [0.1, 0.15) is 65.2 Å². The molecule has 0 aromatic carbocycles. The summed E-state index contributed by atoms with van der Waals surface area (Å²) in [6, 6.07) is -0.433. The molecule has 3 fully saturated rings. The van der Waals surface area contributed by atoms with Crippen molar-refractivity contribution in [1.29, 1.82) is 0 Å². The van der Waals surface area contributed by atoms with Crippen molar-refractivity contribution >= 4 is 11.7 Å². The SMILES string of the molecule is C[C@]12CCC(NC(=O)C(F)(F)F)CC1=CC[C@@H]1[C@H]2CC[C@]2(C)C(=O)CC[C@@H]12. The standard InChI is InChI=1S/C21H28F3NO2/c1-19-9-7-13(25-18(27)21(22,23)24)11-12(19)3-4-14-15-5-6-17(26)20(15,2)10-8-16(14)19/h3,13-16H,4-11H2,1-2H3,(H,25,27)/t13?,14-,15-,16+,19-,20-/m0/s1. The van der Waals surface area contributed by atoms with Gasteiger partial charge in [0, 0.05) is 17.9 Å². The van der Waals surface area contributed by atoms with Crippen molar-refractivity contribution < 1.29 is 22.8 Å². The first-order valence-electron chi connectivity index (χ1n) is 10.2. The molecular formula is C21H28F3NO2. The first-order valence-corrected chi connectivity index (χ1v) is 10.2. The summed E-state index contributed by atoms with van der Waals surface area (Å²) in [5, 5.41) is 2.18. The first-order chi connectivity index (χ1) is 12.6. The maximum atomic E-state index is 12.6. The average molecular weight is 383 g/mol. The summed E-state index contributed by atoms with van der Waals surface area (Å²) in [6.07, 6.45) is 3.87. The van der Waals surface area contributed by atoms with Crippen LogP contribution in [0.4, 0.5) is 13.2 Å². The number of halogens is 3. The topological polar surface area (TPSA) is 46.2 Å². The summed E-state index contributed by atoms with van der Waals surface area (Å²) < 4.78 is 37.7. The Morgan fingerprint density at radius 3 is 2.48 bits per heavy atom. The lowest BCUT2D eigenvalue weighted by Gasteiger charge is -2.57. The molecule has 3 nitrogen and oxygen atoms in total. The van der Waals surface area contributed by atoms with Crippen LogP contribution in [0.15, 0.2) is 11.6 Å². The van der Waals surface area contributed by atoms with Crippen molar-refractivity contribution in [2.75, 3.05) is 0 Å². The highest BCUT2D eigenvalue weighted by Crippen LogP contribution is 2.63. The lowest BCUT2D eigenvalue weighted by molar-refractivity contribution is -0.174. The molecule has 1 N–H and O–H groups in total. The third-order valence-corrected chi connectivity index (χ3v) is 8.41. The number of nitrogens with one attached hydrogen (secondary N) is 1. The van der Waals surface area contributed by atoms with Gasteiger partial charge >= 0.3 is 12.1 Å². The zero-order valence-electron chi connectivity index (χ0n) is 16.0. The third-order valence-electron chi connectivity index (χ3n) is 8.41. The molecule has 27 heavy (non-hydrogen) atoms. The van der Waals surface area contributed by atoms with Gasteiger partial charge in [0.25, 0.3) is 0 Å². The van der Waals surface area contributed by atoms with E-state index in [0.29, 0.717) is 42.8 Å². The van der Waals surface area contributed by atoms with Crippen LogP contribution in [0.5, 0.6) is 0 Å². The zero-order valence-corrected chi connectivity index (χ0v) is 16.0. The normalized spacial score (nSPS) is 44.0. The number of allylic oxidation sites excluding steroid dienone is 1. The number of ketones is 1. The first kappa shape index (κ1) is 19.0. The molecule has 1 unspecified atom stereocenters. The maximum Gasteiger partial charge on any atom is 0.471 e. The highest BCUT2D eigenvalue weighted by molar-refractivity contribution is 5.87. The van der Waals surface area contributed by atoms with Crippen molar-refractivity contribution in [3.63, 3.8) is 0 Å². The molecule has 1 amide bonds. The van der Waals surface area contributed by atoms with Gasteiger partial charge in [0.2, 0.25) is 0 Å². The van der Waals surface area contributed by atoms with Crippen LogP contribution >= 0.6 is 0 Å². The summed E-state index contributed by atoms with van der Waals surface area (Å²) in [6.45, 7) is 4.41. The smallest absolute Gasteiger partial charge is 0.345 e. The molecule has 0 saturated heterocycles. The number of hydrogen-bond acceptors (Lipinski definition) is 2. The van der Waals surface area contributed by atoms with Crippen LogP contribution in [0.3, 0.4) is 0 Å². The van der Waals surface area contributed by atoms with Crippen LogP contribution in [0.2, 0.25) is 0 Å². The number of Topliss-reactive ketones (excluding diaryl/α,β-unsaturated/α-hetero) is 1. The van der Waals surface area contributed by atoms with E-state index in [4.69, 9.17) is 0 Å². The second-order valence-corrected chi connectivity index (χ2v) is 9.59. The average Bonchev–Trinajstić information content (AvgIpc) is 2.89. The van der Waals surface area contributed by atoms with Gasteiger partial charge in [-0.15, -0.1) is 0 Å². The van der Waals surface area contributed by atoms with Crippen LogP contribution in [-0.4, -0.2) is 23.9 Å². The van der Waals surface area contributed by atoms with Gasteiger partial charge < -0.3 is 5.32 Å². The zero-order chi connectivity index (χ0) is 19.6. The summed E-state index contributed by atoms with van der Waals surface area (Å²) in [5.74, 6) is 0.0415. The van der Waals surface area contributed by atoms with E-state index in [2.05, 4.69) is 25.2 Å². The van der Waals surface area contributed by atoms with Crippen molar-refractivity contribution in [3.05, 3.63) is 11.6 Å². The van der Waals surface area contributed by atoms with Crippen molar-refractivity contribution in [2.24, 2.45) is 28.6 Å². The Morgan fingerprint density at radius 1 is 1.11 bits per heavy atom.